The molecule has 1 unspecified atom stereocenters. The van der Waals surface area contributed by atoms with E-state index in [0.717, 1.165) is 12.8 Å². The smallest absolute Gasteiger partial charge is 0.314 e. The molecular weight excluding hydrogens is 220 g/mol. The topological polar surface area (TPSA) is 78.4 Å². The molecule has 0 saturated carbocycles. The zero-order valence-electron chi connectivity index (χ0n) is 11.0. The molecule has 0 aromatic rings. The van der Waals surface area contributed by atoms with E-state index in [1.54, 1.807) is 0 Å². The molecule has 1 atom stereocenters. The average Bonchev–Trinajstić information content (AvgIpc) is 2.23. The molecule has 0 aliphatic rings. The van der Waals surface area contributed by atoms with E-state index in [4.69, 9.17) is 5.11 Å². The van der Waals surface area contributed by atoms with Crippen molar-refractivity contribution in [1.29, 1.82) is 0 Å². The van der Waals surface area contributed by atoms with Crippen molar-refractivity contribution in [2.24, 2.45) is 11.8 Å². The van der Waals surface area contributed by atoms with Crippen molar-refractivity contribution in [1.82, 2.24) is 10.6 Å². The minimum absolute atomic E-state index is 0.00310. The van der Waals surface area contributed by atoms with Gasteiger partial charge in [0, 0.05) is 19.5 Å². The van der Waals surface area contributed by atoms with Gasteiger partial charge in [0.1, 0.15) is 0 Å². The van der Waals surface area contributed by atoms with E-state index in [1.807, 2.05) is 6.92 Å². The minimum atomic E-state index is -0.820. The maximum absolute atomic E-state index is 11.4. The number of amides is 2. The van der Waals surface area contributed by atoms with Gasteiger partial charge in [0.25, 0.3) is 0 Å². The van der Waals surface area contributed by atoms with Crippen molar-refractivity contribution in [3.63, 3.8) is 0 Å². The van der Waals surface area contributed by atoms with Crippen molar-refractivity contribution in [2.75, 3.05) is 13.1 Å². The second-order valence-corrected chi connectivity index (χ2v) is 4.69. The summed E-state index contributed by atoms with van der Waals surface area (Å²) < 4.78 is 0. The number of urea groups is 1. The summed E-state index contributed by atoms with van der Waals surface area (Å²) in [6, 6.07) is -0.213. The third kappa shape index (κ3) is 9.66. The van der Waals surface area contributed by atoms with Gasteiger partial charge in [-0.05, 0) is 18.3 Å². The molecule has 5 nitrogen and oxygen atoms in total. The van der Waals surface area contributed by atoms with Crippen LogP contribution in [0.1, 0.15) is 40.0 Å². The Hall–Kier alpha value is -1.26. The van der Waals surface area contributed by atoms with E-state index in [2.05, 4.69) is 24.5 Å². The summed E-state index contributed by atoms with van der Waals surface area (Å²) in [5.74, 6) is -0.257. The number of carbonyl (C=O) groups is 2. The summed E-state index contributed by atoms with van der Waals surface area (Å²) >= 11 is 0. The molecule has 0 bridgehead atoms. The average molecular weight is 244 g/mol. The quantitative estimate of drug-likeness (QED) is 0.609. The van der Waals surface area contributed by atoms with E-state index in [1.165, 1.54) is 0 Å². The SMILES string of the molecule is CCC(CNC(=O)NCCC(C)C)CC(=O)O. The third-order valence-electron chi connectivity index (χ3n) is 2.60. The first-order chi connectivity index (χ1) is 7.95. The molecule has 0 aromatic carbocycles. The molecule has 0 aliphatic carbocycles. The lowest BCUT2D eigenvalue weighted by Crippen LogP contribution is -2.39. The van der Waals surface area contributed by atoms with Crippen LogP contribution in [0.3, 0.4) is 0 Å². The second kappa shape index (κ2) is 8.84. The Labute approximate surface area is 103 Å². The fourth-order valence-corrected chi connectivity index (χ4v) is 1.38. The molecule has 0 aromatic heterocycles. The maximum atomic E-state index is 11.4. The lowest BCUT2D eigenvalue weighted by atomic mass is 10.0. The highest BCUT2D eigenvalue weighted by atomic mass is 16.4. The van der Waals surface area contributed by atoms with E-state index in [9.17, 15) is 9.59 Å². The number of carbonyl (C=O) groups excluding carboxylic acids is 1. The number of hydrogen-bond donors (Lipinski definition) is 3. The molecular formula is C12H24N2O3. The van der Waals surface area contributed by atoms with Gasteiger partial charge in [-0.1, -0.05) is 27.2 Å². The molecule has 0 heterocycles. The molecule has 0 spiro atoms. The highest BCUT2D eigenvalue weighted by molar-refractivity contribution is 5.74. The van der Waals surface area contributed by atoms with Crippen LogP contribution in [0.15, 0.2) is 0 Å². The highest BCUT2D eigenvalue weighted by Gasteiger charge is 2.12. The number of carboxylic acid groups (broad SMARTS) is 1. The van der Waals surface area contributed by atoms with Crippen LogP contribution in [-0.2, 0) is 4.79 Å². The van der Waals surface area contributed by atoms with Gasteiger partial charge in [0.05, 0.1) is 0 Å². The Kier molecular flexibility index (Phi) is 8.19. The normalized spacial score (nSPS) is 12.2. The Balaban J connectivity index is 3.69. The van der Waals surface area contributed by atoms with Gasteiger partial charge in [-0.2, -0.15) is 0 Å². The van der Waals surface area contributed by atoms with E-state index < -0.39 is 5.97 Å². The molecule has 0 radical (unpaired) electrons. The second-order valence-electron chi connectivity index (χ2n) is 4.69. The molecule has 5 heteroatoms. The number of nitrogens with one attached hydrogen (secondary N) is 2. The first kappa shape index (κ1) is 15.7. The summed E-state index contributed by atoms with van der Waals surface area (Å²) in [5.41, 5.74) is 0. The van der Waals surface area contributed by atoms with Gasteiger partial charge >= 0.3 is 12.0 Å². The van der Waals surface area contributed by atoms with Gasteiger partial charge < -0.3 is 15.7 Å². The van der Waals surface area contributed by atoms with Gasteiger partial charge in [-0.25, -0.2) is 4.79 Å². The maximum Gasteiger partial charge on any atom is 0.314 e. The van der Waals surface area contributed by atoms with E-state index >= 15 is 0 Å². The zero-order chi connectivity index (χ0) is 13.3. The van der Waals surface area contributed by atoms with Crippen molar-refractivity contribution in [3.05, 3.63) is 0 Å². The Morgan fingerprint density at radius 3 is 2.35 bits per heavy atom. The monoisotopic (exact) mass is 244 g/mol. The summed E-state index contributed by atoms with van der Waals surface area (Å²) in [6.45, 7) is 7.18. The minimum Gasteiger partial charge on any atom is -0.481 e. The van der Waals surface area contributed by atoms with Gasteiger partial charge in [0.2, 0.25) is 0 Å². The van der Waals surface area contributed by atoms with Crippen molar-refractivity contribution in [3.8, 4) is 0 Å². The summed E-state index contributed by atoms with van der Waals surface area (Å²) in [7, 11) is 0. The van der Waals surface area contributed by atoms with Crippen LogP contribution in [-0.4, -0.2) is 30.2 Å². The predicted octanol–water partition coefficient (Wildman–Crippen LogP) is 1.83. The zero-order valence-corrected chi connectivity index (χ0v) is 11.0. The highest BCUT2D eigenvalue weighted by Crippen LogP contribution is 2.06. The fraction of sp³-hybridized carbons (Fsp3) is 0.833. The summed E-state index contributed by atoms with van der Waals surface area (Å²) in [4.78, 5) is 21.9. The molecule has 2 amide bonds. The molecule has 0 rings (SSSR count). The fourth-order valence-electron chi connectivity index (χ4n) is 1.38. The van der Waals surface area contributed by atoms with Crippen molar-refractivity contribution < 1.29 is 14.7 Å². The standard InChI is InChI=1S/C12H24N2O3/c1-4-10(7-11(15)16)8-14-12(17)13-6-5-9(2)3/h9-10H,4-8H2,1-3H3,(H,15,16)(H2,13,14,17). The van der Waals surface area contributed by atoms with Crippen LogP contribution in [0.25, 0.3) is 0 Å². The Bertz CT molecular complexity index is 242. The van der Waals surface area contributed by atoms with Crippen molar-refractivity contribution in [2.45, 2.75) is 40.0 Å². The third-order valence-corrected chi connectivity index (χ3v) is 2.60. The first-order valence-electron chi connectivity index (χ1n) is 6.19. The van der Waals surface area contributed by atoms with Crippen LogP contribution in [0.5, 0.6) is 0 Å². The van der Waals surface area contributed by atoms with Gasteiger partial charge in [-0.3, -0.25) is 4.79 Å². The van der Waals surface area contributed by atoms with E-state index in [0.29, 0.717) is 19.0 Å². The largest absolute Gasteiger partial charge is 0.481 e. The lowest BCUT2D eigenvalue weighted by molar-refractivity contribution is -0.138. The molecule has 0 fully saturated rings. The number of rotatable bonds is 8. The van der Waals surface area contributed by atoms with Gasteiger partial charge in [0.15, 0.2) is 0 Å². The van der Waals surface area contributed by atoms with Crippen LogP contribution in [0.4, 0.5) is 4.79 Å². The van der Waals surface area contributed by atoms with Crippen LogP contribution in [0, 0.1) is 11.8 Å². The van der Waals surface area contributed by atoms with Crippen LogP contribution < -0.4 is 10.6 Å². The van der Waals surface area contributed by atoms with Crippen LogP contribution >= 0.6 is 0 Å². The predicted molar refractivity (Wildman–Crippen MR) is 66.9 cm³/mol. The molecule has 100 valence electrons. The number of hydrogen-bond acceptors (Lipinski definition) is 2. The summed E-state index contributed by atoms with van der Waals surface area (Å²) in [5, 5.41) is 14.1. The van der Waals surface area contributed by atoms with Crippen LogP contribution in [0.2, 0.25) is 0 Å². The summed E-state index contributed by atoms with van der Waals surface area (Å²) in [6.07, 6.45) is 1.79. The molecule has 3 N–H and O–H groups in total. The van der Waals surface area contributed by atoms with Crippen molar-refractivity contribution >= 4 is 12.0 Å². The Morgan fingerprint density at radius 1 is 1.24 bits per heavy atom. The van der Waals surface area contributed by atoms with E-state index in [-0.39, 0.29) is 18.4 Å². The number of aliphatic carboxylic acids is 1. The molecule has 0 aliphatic heterocycles. The number of carboxylic acids is 1. The Morgan fingerprint density at radius 2 is 1.88 bits per heavy atom. The first-order valence-corrected chi connectivity index (χ1v) is 6.19. The molecule has 0 saturated heterocycles. The van der Waals surface area contributed by atoms with Gasteiger partial charge in [-0.15, -0.1) is 0 Å². The lowest BCUT2D eigenvalue weighted by Gasteiger charge is -2.14. The molecule has 17 heavy (non-hydrogen) atoms.